The van der Waals surface area contributed by atoms with E-state index < -0.39 is 7.12 Å². The number of hydrogen-bond acceptors (Lipinski definition) is 8. The van der Waals surface area contributed by atoms with Crippen LogP contribution in [0.25, 0.3) is 0 Å². The first-order valence-electron chi connectivity index (χ1n) is 7.17. The minimum Gasteiger partial charge on any atom is -0.481 e. The fraction of sp³-hybridized carbons (Fsp3) is 0.615. The molecule has 1 aromatic rings. The quantitative estimate of drug-likeness (QED) is 0.492. The van der Waals surface area contributed by atoms with E-state index in [1.54, 1.807) is 0 Å². The molecule has 22 heavy (non-hydrogen) atoms. The van der Waals surface area contributed by atoms with Crippen LogP contribution >= 0.6 is 0 Å². The lowest BCUT2D eigenvalue weighted by molar-refractivity contribution is -0.140. The van der Waals surface area contributed by atoms with Crippen LogP contribution in [0.5, 0.6) is 5.88 Å². The second-order valence-electron chi connectivity index (χ2n) is 5.11. The zero-order chi connectivity index (χ0) is 16.1. The third kappa shape index (κ3) is 3.66. The summed E-state index contributed by atoms with van der Waals surface area (Å²) in [5.41, 5.74) is 0.104. The van der Waals surface area contributed by atoms with Crippen molar-refractivity contribution in [1.82, 2.24) is 9.97 Å². The van der Waals surface area contributed by atoms with Crippen LogP contribution in [0, 0.1) is 0 Å². The molecule has 1 aliphatic rings. The van der Waals surface area contributed by atoms with Crippen molar-refractivity contribution in [1.29, 1.82) is 0 Å². The molecular formula is C13H20BN3O5. The molecule has 9 heteroatoms. The van der Waals surface area contributed by atoms with E-state index >= 15 is 0 Å². The highest BCUT2D eigenvalue weighted by atomic mass is 16.5. The van der Waals surface area contributed by atoms with Crippen LogP contribution in [0.15, 0.2) is 6.20 Å². The Morgan fingerprint density at radius 3 is 2.68 bits per heavy atom. The van der Waals surface area contributed by atoms with Gasteiger partial charge in [-0.2, -0.15) is 4.98 Å². The molecule has 120 valence electrons. The van der Waals surface area contributed by atoms with Gasteiger partial charge in [-0.25, -0.2) is 4.98 Å². The number of nitrogens with zero attached hydrogens (tertiary/aromatic N) is 3. The first-order valence-corrected chi connectivity index (χ1v) is 7.17. The summed E-state index contributed by atoms with van der Waals surface area (Å²) in [6.45, 7) is 0.446. The molecule has 0 aliphatic heterocycles. The lowest BCUT2D eigenvalue weighted by Crippen LogP contribution is -2.43. The Morgan fingerprint density at radius 1 is 1.45 bits per heavy atom. The zero-order valence-corrected chi connectivity index (χ0v) is 12.7. The molecule has 2 N–H and O–H groups in total. The number of hydrogen-bond donors (Lipinski definition) is 2. The zero-order valence-electron chi connectivity index (χ0n) is 12.7. The average molecular weight is 309 g/mol. The maximum absolute atomic E-state index is 11.4. The number of ether oxygens (including phenoxy) is 2. The Balaban J connectivity index is 2.21. The summed E-state index contributed by atoms with van der Waals surface area (Å²) >= 11 is 0. The van der Waals surface area contributed by atoms with Crippen molar-refractivity contribution in [2.24, 2.45) is 0 Å². The van der Waals surface area contributed by atoms with Gasteiger partial charge in [0.05, 0.1) is 26.1 Å². The molecule has 8 nitrogen and oxygen atoms in total. The average Bonchev–Trinajstić information content (AvgIpc) is 2.48. The van der Waals surface area contributed by atoms with E-state index in [4.69, 9.17) is 4.74 Å². The van der Waals surface area contributed by atoms with Gasteiger partial charge in [0.2, 0.25) is 11.8 Å². The van der Waals surface area contributed by atoms with E-state index in [2.05, 4.69) is 14.7 Å². The van der Waals surface area contributed by atoms with E-state index in [1.807, 2.05) is 4.90 Å². The molecule has 1 aromatic heterocycles. The van der Waals surface area contributed by atoms with Crippen molar-refractivity contribution in [2.75, 3.05) is 25.7 Å². The van der Waals surface area contributed by atoms with Crippen molar-refractivity contribution in [3.05, 3.63) is 6.20 Å². The molecule has 0 bridgehead atoms. The molecule has 2 rings (SSSR count). The van der Waals surface area contributed by atoms with Crippen molar-refractivity contribution < 1.29 is 24.3 Å². The highest BCUT2D eigenvalue weighted by molar-refractivity contribution is 6.59. The molecule has 0 amide bonds. The lowest BCUT2D eigenvalue weighted by atomic mass is 9.82. The SMILES string of the molecule is COC(=O)CCN(c1ncc(B(O)O)c(OC)n1)C1CCC1. The fourth-order valence-corrected chi connectivity index (χ4v) is 2.30. The third-order valence-electron chi connectivity index (χ3n) is 3.80. The Hall–Kier alpha value is -1.87. The first-order chi connectivity index (χ1) is 10.6. The molecule has 1 heterocycles. The number of anilines is 1. The van der Waals surface area contributed by atoms with E-state index in [0.29, 0.717) is 12.5 Å². The molecule has 1 saturated carbocycles. The Bertz CT molecular complexity index is 524. The van der Waals surface area contributed by atoms with Crippen LogP contribution in [0.3, 0.4) is 0 Å². The maximum atomic E-state index is 11.4. The molecule has 0 saturated heterocycles. The smallest absolute Gasteiger partial charge is 0.481 e. The standard InChI is InChI=1S/C13H20BN3O5/c1-21-11(18)6-7-17(9-4-3-5-9)13-15-8-10(14(19)20)12(16-13)22-2/h8-9,19-20H,3-7H2,1-2H3. The molecule has 0 unspecified atom stereocenters. The molecular weight excluding hydrogens is 289 g/mol. The molecule has 0 aromatic carbocycles. The first kappa shape index (κ1) is 16.5. The van der Waals surface area contributed by atoms with E-state index in [0.717, 1.165) is 19.3 Å². The molecule has 0 radical (unpaired) electrons. The number of rotatable bonds is 7. The van der Waals surface area contributed by atoms with Gasteiger partial charge < -0.3 is 24.4 Å². The van der Waals surface area contributed by atoms with Gasteiger partial charge in [-0.05, 0) is 19.3 Å². The normalized spacial score (nSPS) is 14.2. The van der Waals surface area contributed by atoms with Gasteiger partial charge >= 0.3 is 13.1 Å². The van der Waals surface area contributed by atoms with E-state index in [9.17, 15) is 14.8 Å². The summed E-state index contributed by atoms with van der Waals surface area (Å²) < 4.78 is 9.75. The highest BCUT2D eigenvalue weighted by Crippen LogP contribution is 2.28. The number of methoxy groups -OCH3 is 2. The maximum Gasteiger partial charge on any atom is 0.495 e. The minimum atomic E-state index is -1.70. The third-order valence-corrected chi connectivity index (χ3v) is 3.80. The second kappa shape index (κ2) is 7.41. The number of carbonyl (C=O) groups excluding carboxylic acids is 1. The summed E-state index contributed by atoms with van der Waals surface area (Å²) in [5.74, 6) is 0.232. The summed E-state index contributed by atoms with van der Waals surface area (Å²) in [4.78, 5) is 21.7. The second-order valence-corrected chi connectivity index (χ2v) is 5.11. The lowest BCUT2D eigenvalue weighted by Gasteiger charge is -2.37. The minimum absolute atomic E-state index is 0.104. The number of carbonyl (C=O) groups is 1. The van der Waals surface area contributed by atoms with Gasteiger partial charge in [-0.1, -0.05) is 0 Å². The van der Waals surface area contributed by atoms with Gasteiger partial charge in [0.15, 0.2) is 0 Å². The van der Waals surface area contributed by atoms with Crippen molar-refractivity contribution >= 4 is 24.5 Å². The monoisotopic (exact) mass is 309 g/mol. The van der Waals surface area contributed by atoms with Gasteiger partial charge in [-0.3, -0.25) is 4.79 Å². The van der Waals surface area contributed by atoms with Gasteiger partial charge in [0.1, 0.15) is 0 Å². The predicted molar refractivity (Wildman–Crippen MR) is 80.0 cm³/mol. The number of aromatic nitrogens is 2. The Kier molecular flexibility index (Phi) is 5.56. The van der Waals surface area contributed by atoms with Crippen LogP contribution in [0.1, 0.15) is 25.7 Å². The van der Waals surface area contributed by atoms with Crippen molar-refractivity contribution in [3.63, 3.8) is 0 Å². The van der Waals surface area contributed by atoms with Crippen LogP contribution < -0.4 is 15.1 Å². The van der Waals surface area contributed by atoms with Gasteiger partial charge in [0.25, 0.3) is 0 Å². The van der Waals surface area contributed by atoms with Crippen LogP contribution in [0.2, 0.25) is 0 Å². The number of esters is 1. The molecule has 1 aliphatic carbocycles. The fourth-order valence-electron chi connectivity index (χ4n) is 2.30. The van der Waals surface area contributed by atoms with Crippen LogP contribution in [-0.4, -0.2) is 59.9 Å². The van der Waals surface area contributed by atoms with Crippen LogP contribution in [-0.2, 0) is 9.53 Å². The molecule has 1 fully saturated rings. The van der Waals surface area contributed by atoms with Crippen molar-refractivity contribution in [2.45, 2.75) is 31.7 Å². The highest BCUT2D eigenvalue weighted by Gasteiger charge is 2.29. The largest absolute Gasteiger partial charge is 0.495 e. The molecule has 0 spiro atoms. The Labute approximate surface area is 129 Å². The molecule has 0 atom stereocenters. The summed E-state index contributed by atoms with van der Waals surface area (Å²) in [6.07, 6.45) is 4.72. The summed E-state index contributed by atoms with van der Waals surface area (Å²) in [5, 5.41) is 18.5. The summed E-state index contributed by atoms with van der Waals surface area (Å²) in [7, 11) is 1.06. The predicted octanol–water partition coefficient (Wildman–Crippen LogP) is -0.913. The van der Waals surface area contributed by atoms with Crippen molar-refractivity contribution in [3.8, 4) is 5.88 Å². The van der Waals surface area contributed by atoms with E-state index in [-0.39, 0.29) is 29.8 Å². The van der Waals surface area contributed by atoms with Gasteiger partial charge in [-0.15, -0.1) is 0 Å². The Morgan fingerprint density at radius 2 is 2.18 bits per heavy atom. The topological polar surface area (TPSA) is 105 Å². The van der Waals surface area contributed by atoms with Crippen LogP contribution in [0.4, 0.5) is 5.95 Å². The van der Waals surface area contributed by atoms with Gasteiger partial charge in [0, 0.05) is 18.8 Å². The van der Waals surface area contributed by atoms with E-state index in [1.165, 1.54) is 20.4 Å². The summed E-state index contributed by atoms with van der Waals surface area (Å²) in [6, 6.07) is 0.277.